The number of esters is 1. The molecule has 104 valence electrons. The van der Waals surface area contributed by atoms with E-state index in [2.05, 4.69) is 15.9 Å². The Morgan fingerprint density at radius 1 is 1.26 bits per heavy atom. The van der Waals surface area contributed by atoms with E-state index < -0.39 is 11.9 Å². The molecule has 0 saturated heterocycles. The lowest BCUT2D eigenvalue weighted by atomic mass is 9.93. The topological polar surface area (TPSA) is 43.4 Å². The summed E-state index contributed by atoms with van der Waals surface area (Å²) in [4.78, 5) is 23.8. The Hall–Kier alpha value is -1.16. The first-order valence-corrected chi connectivity index (χ1v) is 7.22. The first kappa shape index (κ1) is 15.9. The highest BCUT2D eigenvalue weighted by Crippen LogP contribution is 2.16. The van der Waals surface area contributed by atoms with Crippen molar-refractivity contribution in [2.75, 3.05) is 7.11 Å². The van der Waals surface area contributed by atoms with Crippen LogP contribution in [-0.2, 0) is 20.7 Å². The lowest BCUT2D eigenvalue weighted by Crippen LogP contribution is -2.26. The summed E-state index contributed by atoms with van der Waals surface area (Å²) in [5, 5.41) is 0. The van der Waals surface area contributed by atoms with Crippen molar-refractivity contribution in [3.63, 3.8) is 0 Å². The molecule has 0 aromatic heterocycles. The second-order valence-corrected chi connectivity index (χ2v) is 5.40. The number of ketones is 1. The molecule has 0 aliphatic carbocycles. The van der Waals surface area contributed by atoms with Crippen LogP contribution in [0.3, 0.4) is 0 Å². The molecule has 1 unspecified atom stereocenters. The summed E-state index contributed by atoms with van der Waals surface area (Å²) in [5.41, 5.74) is 0.915. The molecule has 0 bridgehead atoms. The minimum absolute atomic E-state index is 0.0670. The molecule has 4 heteroatoms. The van der Waals surface area contributed by atoms with Gasteiger partial charge in [-0.25, -0.2) is 0 Å². The van der Waals surface area contributed by atoms with Gasteiger partial charge in [-0.3, -0.25) is 9.59 Å². The lowest BCUT2D eigenvalue weighted by Gasteiger charge is -2.13. The van der Waals surface area contributed by atoms with E-state index in [4.69, 9.17) is 4.74 Å². The Morgan fingerprint density at radius 3 is 2.42 bits per heavy atom. The van der Waals surface area contributed by atoms with Crippen LogP contribution in [0.4, 0.5) is 0 Å². The first-order chi connectivity index (χ1) is 9.08. The van der Waals surface area contributed by atoms with E-state index >= 15 is 0 Å². The number of Topliss-reactive ketones (excluding diaryl/α,β-unsaturated/α-hetero) is 1. The average molecular weight is 327 g/mol. The highest BCUT2D eigenvalue weighted by molar-refractivity contribution is 9.10. The van der Waals surface area contributed by atoms with Crippen molar-refractivity contribution in [2.24, 2.45) is 5.92 Å². The highest BCUT2D eigenvalue weighted by Gasteiger charge is 2.26. The SMILES string of the molecule is CCCCC(C(=O)Cc1ccc(Br)cc1)C(=O)OC. The molecule has 0 aliphatic rings. The molecular weight excluding hydrogens is 308 g/mol. The Bertz CT molecular complexity index is 426. The maximum absolute atomic E-state index is 12.2. The van der Waals surface area contributed by atoms with Gasteiger partial charge in [0, 0.05) is 10.9 Å². The normalized spacial score (nSPS) is 11.9. The number of ether oxygens (including phenoxy) is 1. The van der Waals surface area contributed by atoms with Crippen molar-refractivity contribution in [1.29, 1.82) is 0 Å². The van der Waals surface area contributed by atoms with Gasteiger partial charge >= 0.3 is 5.97 Å². The quantitative estimate of drug-likeness (QED) is 0.568. The van der Waals surface area contributed by atoms with Gasteiger partial charge in [-0.1, -0.05) is 47.8 Å². The van der Waals surface area contributed by atoms with Crippen LogP contribution in [0.2, 0.25) is 0 Å². The summed E-state index contributed by atoms with van der Waals surface area (Å²) in [6, 6.07) is 7.55. The second kappa shape index (κ2) is 8.10. The van der Waals surface area contributed by atoms with Crippen molar-refractivity contribution >= 4 is 27.7 Å². The minimum atomic E-state index is -0.631. The lowest BCUT2D eigenvalue weighted by molar-refractivity contribution is -0.149. The first-order valence-electron chi connectivity index (χ1n) is 6.43. The van der Waals surface area contributed by atoms with Gasteiger partial charge < -0.3 is 4.74 Å². The third-order valence-corrected chi connectivity index (χ3v) is 3.54. The largest absolute Gasteiger partial charge is 0.468 e. The molecule has 1 aromatic carbocycles. The summed E-state index contributed by atoms with van der Waals surface area (Å²) in [6.45, 7) is 2.04. The fourth-order valence-corrected chi connectivity index (χ4v) is 2.15. The molecule has 0 spiro atoms. The predicted octanol–water partition coefficient (Wildman–Crippen LogP) is 3.54. The molecule has 3 nitrogen and oxygen atoms in total. The molecular formula is C15H19BrO3. The van der Waals surface area contributed by atoms with Gasteiger partial charge in [0.15, 0.2) is 5.78 Å². The Balaban J connectivity index is 2.70. The summed E-state index contributed by atoms with van der Waals surface area (Å²) in [5.74, 6) is -1.12. The van der Waals surface area contributed by atoms with Crippen molar-refractivity contribution in [3.8, 4) is 0 Å². The highest BCUT2D eigenvalue weighted by atomic mass is 79.9. The van der Waals surface area contributed by atoms with Crippen LogP contribution < -0.4 is 0 Å². The van der Waals surface area contributed by atoms with Crippen LogP contribution in [-0.4, -0.2) is 18.9 Å². The average Bonchev–Trinajstić information content (AvgIpc) is 2.41. The molecule has 1 atom stereocenters. The summed E-state index contributed by atoms with van der Waals surface area (Å²) >= 11 is 3.35. The fourth-order valence-electron chi connectivity index (χ4n) is 1.89. The number of carbonyl (C=O) groups is 2. The Labute approximate surface area is 122 Å². The molecule has 0 saturated carbocycles. The number of unbranched alkanes of at least 4 members (excludes halogenated alkanes) is 1. The van der Waals surface area contributed by atoms with Crippen LogP contribution >= 0.6 is 15.9 Å². The monoisotopic (exact) mass is 326 g/mol. The van der Waals surface area contributed by atoms with Gasteiger partial charge in [0.1, 0.15) is 5.92 Å². The summed E-state index contributed by atoms with van der Waals surface area (Å²) in [7, 11) is 1.33. The van der Waals surface area contributed by atoms with Gasteiger partial charge in [-0.05, 0) is 24.1 Å². The van der Waals surface area contributed by atoms with E-state index in [0.29, 0.717) is 6.42 Å². The van der Waals surface area contributed by atoms with Crippen molar-refractivity contribution in [2.45, 2.75) is 32.6 Å². The zero-order valence-corrected chi connectivity index (χ0v) is 12.9. The van der Waals surface area contributed by atoms with E-state index in [1.807, 2.05) is 31.2 Å². The number of hydrogen-bond acceptors (Lipinski definition) is 3. The van der Waals surface area contributed by atoms with Gasteiger partial charge in [0.05, 0.1) is 7.11 Å². The maximum atomic E-state index is 12.2. The summed E-state index contributed by atoms with van der Waals surface area (Å²) < 4.78 is 5.69. The molecule has 0 N–H and O–H groups in total. The van der Waals surface area contributed by atoms with Crippen LogP contribution in [0, 0.1) is 5.92 Å². The maximum Gasteiger partial charge on any atom is 0.316 e. The number of benzene rings is 1. The molecule has 1 aromatic rings. The van der Waals surface area contributed by atoms with Crippen LogP contribution in [0.5, 0.6) is 0 Å². The number of rotatable bonds is 7. The zero-order valence-electron chi connectivity index (χ0n) is 11.3. The number of halogens is 1. The molecule has 0 heterocycles. The van der Waals surface area contributed by atoms with Crippen LogP contribution in [0.15, 0.2) is 28.7 Å². The van der Waals surface area contributed by atoms with Gasteiger partial charge in [0.25, 0.3) is 0 Å². The number of carbonyl (C=O) groups excluding carboxylic acids is 2. The third-order valence-electron chi connectivity index (χ3n) is 3.01. The van der Waals surface area contributed by atoms with E-state index in [0.717, 1.165) is 22.9 Å². The Morgan fingerprint density at radius 2 is 1.89 bits per heavy atom. The van der Waals surface area contributed by atoms with Crippen molar-refractivity contribution < 1.29 is 14.3 Å². The molecule has 0 aliphatic heterocycles. The smallest absolute Gasteiger partial charge is 0.316 e. The van der Waals surface area contributed by atoms with E-state index in [1.54, 1.807) is 0 Å². The van der Waals surface area contributed by atoms with Crippen LogP contribution in [0.25, 0.3) is 0 Å². The minimum Gasteiger partial charge on any atom is -0.468 e. The molecule has 0 radical (unpaired) electrons. The number of hydrogen-bond donors (Lipinski definition) is 0. The Kier molecular flexibility index (Phi) is 6.78. The van der Waals surface area contributed by atoms with Crippen LogP contribution in [0.1, 0.15) is 31.7 Å². The van der Waals surface area contributed by atoms with Crippen molar-refractivity contribution in [1.82, 2.24) is 0 Å². The van der Waals surface area contributed by atoms with E-state index in [9.17, 15) is 9.59 Å². The summed E-state index contributed by atoms with van der Waals surface area (Å²) in [6.07, 6.45) is 2.65. The third kappa shape index (κ3) is 5.15. The predicted molar refractivity (Wildman–Crippen MR) is 77.9 cm³/mol. The van der Waals surface area contributed by atoms with Gasteiger partial charge in [0.2, 0.25) is 0 Å². The van der Waals surface area contributed by atoms with Gasteiger partial charge in [-0.2, -0.15) is 0 Å². The van der Waals surface area contributed by atoms with Crippen molar-refractivity contribution in [3.05, 3.63) is 34.3 Å². The molecule has 1 rings (SSSR count). The number of methoxy groups -OCH3 is 1. The van der Waals surface area contributed by atoms with E-state index in [-0.39, 0.29) is 12.2 Å². The van der Waals surface area contributed by atoms with Gasteiger partial charge in [-0.15, -0.1) is 0 Å². The molecule has 0 fully saturated rings. The molecule has 19 heavy (non-hydrogen) atoms. The zero-order chi connectivity index (χ0) is 14.3. The fraction of sp³-hybridized carbons (Fsp3) is 0.467. The second-order valence-electron chi connectivity index (χ2n) is 4.49. The standard InChI is InChI=1S/C15H19BrO3/c1-3-4-5-13(15(18)19-2)14(17)10-11-6-8-12(16)9-7-11/h6-9,13H,3-5,10H2,1-2H3. The van der Waals surface area contributed by atoms with E-state index in [1.165, 1.54) is 7.11 Å². The molecule has 0 amide bonds.